The van der Waals surface area contributed by atoms with Crippen LogP contribution >= 0.6 is 0 Å². The lowest BCUT2D eigenvalue weighted by Gasteiger charge is -2.17. The molecule has 0 aromatic carbocycles. The summed E-state index contributed by atoms with van der Waals surface area (Å²) in [5, 5.41) is 12.0. The molecule has 98 valence electrons. The fourth-order valence-electron chi connectivity index (χ4n) is 1.31. The van der Waals surface area contributed by atoms with Gasteiger partial charge in [-0.15, -0.1) is 0 Å². The lowest BCUT2D eigenvalue weighted by atomic mass is 10.0. The lowest BCUT2D eigenvalue weighted by molar-refractivity contribution is -0.127. The Labute approximate surface area is 102 Å². The van der Waals surface area contributed by atoms with Crippen LogP contribution in [0.4, 0.5) is 0 Å². The Bertz CT molecular complexity index is 322. The molecule has 1 atom stereocenters. The molecule has 0 rings (SSSR count). The molecule has 0 saturated carbocycles. The van der Waals surface area contributed by atoms with Crippen LogP contribution in [0.25, 0.3) is 0 Å². The smallest absolute Gasteiger partial charge is 0.286 e. The van der Waals surface area contributed by atoms with Gasteiger partial charge in [-0.05, 0) is 31.3 Å². The number of nitrogens with two attached hydrogens (primary N) is 1. The first-order valence-electron chi connectivity index (χ1n) is 5.78. The summed E-state index contributed by atoms with van der Waals surface area (Å²) in [5.74, 6) is -1.34. The summed E-state index contributed by atoms with van der Waals surface area (Å²) in [6.07, 6.45) is 1.03. The van der Waals surface area contributed by atoms with Gasteiger partial charge in [-0.25, -0.2) is 0 Å². The summed E-state index contributed by atoms with van der Waals surface area (Å²) in [5.41, 5.74) is 5.77. The van der Waals surface area contributed by atoms with Crippen LogP contribution in [-0.4, -0.2) is 23.0 Å². The molecule has 0 spiro atoms. The number of hydrogen-bond donors (Lipinski definition) is 3. The molecule has 5 nitrogen and oxygen atoms in total. The van der Waals surface area contributed by atoms with Gasteiger partial charge in [-0.1, -0.05) is 20.8 Å². The number of amides is 2. The van der Waals surface area contributed by atoms with Gasteiger partial charge in [0.25, 0.3) is 5.91 Å². The van der Waals surface area contributed by atoms with E-state index in [1.54, 1.807) is 6.92 Å². The molecule has 4 N–H and O–H groups in total. The fourth-order valence-corrected chi connectivity index (χ4v) is 1.31. The fraction of sp³-hybridized carbons (Fsp3) is 0.667. The van der Waals surface area contributed by atoms with Crippen LogP contribution in [0.5, 0.6) is 0 Å². The van der Waals surface area contributed by atoms with Crippen LogP contribution in [0.15, 0.2) is 11.3 Å². The van der Waals surface area contributed by atoms with Crippen LogP contribution in [0.1, 0.15) is 40.5 Å². The van der Waals surface area contributed by atoms with E-state index in [-0.39, 0.29) is 11.7 Å². The average molecular weight is 242 g/mol. The second-order valence-corrected chi connectivity index (χ2v) is 4.54. The molecule has 0 bridgehead atoms. The zero-order valence-corrected chi connectivity index (χ0v) is 10.9. The maximum absolute atomic E-state index is 11.6. The van der Waals surface area contributed by atoms with Crippen molar-refractivity contribution in [2.45, 2.75) is 46.6 Å². The molecule has 2 amide bonds. The SMILES string of the molecule is CCC(C)=C(O)C(=O)N[C@@H](CC(C)C)C(N)=O. The third-order valence-electron chi connectivity index (χ3n) is 2.51. The van der Waals surface area contributed by atoms with Gasteiger partial charge in [0.05, 0.1) is 0 Å². The van der Waals surface area contributed by atoms with Gasteiger partial charge in [0.1, 0.15) is 6.04 Å². The van der Waals surface area contributed by atoms with Crippen molar-refractivity contribution >= 4 is 11.8 Å². The van der Waals surface area contributed by atoms with E-state index in [1.807, 2.05) is 20.8 Å². The van der Waals surface area contributed by atoms with E-state index in [0.29, 0.717) is 18.4 Å². The first-order chi connectivity index (χ1) is 7.79. The van der Waals surface area contributed by atoms with Crippen molar-refractivity contribution in [3.63, 3.8) is 0 Å². The summed E-state index contributed by atoms with van der Waals surface area (Å²) in [6, 6.07) is -0.741. The topological polar surface area (TPSA) is 92.4 Å². The molecule has 0 aliphatic rings. The standard InChI is InChI=1S/C12H22N2O3/c1-5-8(4)10(15)12(17)14-9(11(13)16)6-7(2)3/h7,9,15H,5-6H2,1-4H3,(H2,13,16)(H,14,17)/t9-/m0/s1. The molecular formula is C12H22N2O3. The first kappa shape index (κ1) is 15.5. The molecule has 0 aromatic rings. The van der Waals surface area contributed by atoms with E-state index < -0.39 is 17.9 Å². The summed E-state index contributed by atoms with van der Waals surface area (Å²) >= 11 is 0. The number of allylic oxidation sites excluding steroid dienone is 1. The van der Waals surface area contributed by atoms with Gasteiger partial charge >= 0.3 is 0 Å². The van der Waals surface area contributed by atoms with Gasteiger partial charge in [0, 0.05) is 0 Å². The van der Waals surface area contributed by atoms with E-state index in [2.05, 4.69) is 5.32 Å². The van der Waals surface area contributed by atoms with Crippen molar-refractivity contribution in [3.8, 4) is 0 Å². The van der Waals surface area contributed by atoms with E-state index in [4.69, 9.17) is 5.73 Å². The number of aliphatic hydroxyl groups excluding tert-OH is 1. The van der Waals surface area contributed by atoms with E-state index in [1.165, 1.54) is 0 Å². The monoisotopic (exact) mass is 242 g/mol. The Morgan fingerprint density at radius 1 is 1.35 bits per heavy atom. The summed E-state index contributed by atoms with van der Waals surface area (Å²) in [4.78, 5) is 22.8. The largest absolute Gasteiger partial charge is 0.503 e. The number of rotatable bonds is 6. The first-order valence-corrected chi connectivity index (χ1v) is 5.78. The Morgan fingerprint density at radius 2 is 1.88 bits per heavy atom. The number of aliphatic hydroxyl groups is 1. The van der Waals surface area contributed by atoms with E-state index in [0.717, 1.165) is 0 Å². The molecule has 0 radical (unpaired) electrons. The van der Waals surface area contributed by atoms with E-state index in [9.17, 15) is 14.7 Å². The highest BCUT2D eigenvalue weighted by molar-refractivity contribution is 5.95. The second kappa shape index (κ2) is 6.93. The highest BCUT2D eigenvalue weighted by Crippen LogP contribution is 2.08. The molecule has 0 heterocycles. The normalized spacial score (nSPS) is 14.2. The molecule has 0 saturated heterocycles. The molecule has 0 unspecified atom stereocenters. The van der Waals surface area contributed by atoms with Crippen LogP contribution in [0.2, 0.25) is 0 Å². The van der Waals surface area contributed by atoms with Crippen molar-refractivity contribution in [1.82, 2.24) is 5.32 Å². The maximum atomic E-state index is 11.6. The van der Waals surface area contributed by atoms with Crippen molar-refractivity contribution in [2.75, 3.05) is 0 Å². The minimum atomic E-state index is -0.741. The molecule has 0 aliphatic heterocycles. The second-order valence-electron chi connectivity index (χ2n) is 4.54. The lowest BCUT2D eigenvalue weighted by Crippen LogP contribution is -2.45. The van der Waals surface area contributed by atoms with Crippen molar-refractivity contribution in [3.05, 3.63) is 11.3 Å². The summed E-state index contributed by atoms with van der Waals surface area (Å²) in [6.45, 7) is 7.35. The number of primary amides is 1. The minimum Gasteiger partial charge on any atom is -0.503 e. The summed E-state index contributed by atoms with van der Waals surface area (Å²) < 4.78 is 0. The van der Waals surface area contributed by atoms with Gasteiger partial charge in [0.2, 0.25) is 5.91 Å². The third kappa shape index (κ3) is 5.38. The van der Waals surface area contributed by atoms with Crippen LogP contribution < -0.4 is 11.1 Å². The number of nitrogens with one attached hydrogen (secondary N) is 1. The van der Waals surface area contributed by atoms with Gasteiger partial charge in [0.15, 0.2) is 5.76 Å². The third-order valence-corrected chi connectivity index (χ3v) is 2.51. The number of hydrogen-bond acceptors (Lipinski definition) is 3. The molecular weight excluding hydrogens is 220 g/mol. The number of carbonyl (C=O) groups excluding carboxylic acids is 2. The van der Waals surface area contributed by atoms with Crippen LogP contribution in [-0.2, 0) is 9.59 Å². The Balaban J connectivity index is 4.68. The maximum Gasteiger partial charge on any atom is 0.286 e. The predicted molar refractivity (Wildman–Crippen MR) is 66.2 cm³/mol. The van der Waals surface area contributed by atoms with Gasteiger partial charge in [-0.2, -0.15) is 0 Å². The van der Waals surface area contributed by atoms with Gasteiger partial charge < -0.3 is 16.2 Å². The Hall–Kier alpha value is -1.52. The van der Waals surface area contributed by atoms with Crippen LogP contribution in [0.3, 0.4) is 0 Å². The minimum absolute atomic E-state index is 0.228. The highest BCUT2D eigenvalue weighted by Gasteiger charge is 2.21. The quantitative estimate of drug-likeness (QED) is 0.483. The van der Waals surface area contributed by atoms with Gasteiger partial charge in [-0.3, -0.25) is 9.59 Å². The molecule has 17 heavy (non-hydrogen) atoms. The van der Waals surface area contributed by atoms with Crippen LogP contribution in [0, 0.1) is 5.92 Å². The Kier molecular flexibility index (Phi) is 6.31. The van der Waals surface area contributed by atoms with Crippen molar-refractivity contribution < 1.29 is 14.7 Å². The molecule has 0 fully saturated rings. The van der Waals surface area contributed by atoms with E-state index >= 15 is 0 Å². The molecule has 0 aliphatic carbocycles. The molecule has 5 heteroatoms. The van der Waals surface area contributed by atoms with Crippen molar-refractivity contribution in [2.24, 2.45) is 11.7 Å². The molecule has 0 aromatic heterocycles. The average Bonchev–Trinajstić information content (AvgIpc) is 2.25. The number of carbonyl (C=O) groups is 2. The zero-order chi connectivity index (χ0) is 13.6. The predicted octanol–water partition coefficient (Wildman–Crippen LogP) is 1.24. The zero-order valence-electron chi connectivity index (χ0n) is 10.9. The van der Waals surface area contributed by atoms with Crippen molar-refractivity contribution in [1.29, 1.82) is 0 Å². The summed E-state index contributed by atoms with van der Waals surface area (Å²) in [7, 11) is 0. The highest BCUT2D eigenvalue weighted by atomic mass is 16.3. The Morgan fingerprint density at radius 3 is 2.24 bits per heavy atom.